The number of ketones is 1. The van der Waals surface area contributed by atoms with Crippen LogP contribution in [0.4, 0.5) is 0 Å². The third kappa shape index (κ3) is 2.99. The average molecular weight is 310 g/mol. The molecule has 1 heterocycles. The van der Waals surface area contributed by atoms with Crippen LogP contribution in [0.1, 0.15) is 30.1 Å². The molecule has 1 atom stereocenters. The molecule has 0 spiro atoms. The molecule has 1 aliphatic rings. The minimum atomic E-state index is -0.00116. The molecule has 3 nitrogen and oxygen atoms in total. The van der Waals surface area contributed by atoms with Crippen molar-refractivity contribution in [2.45, 2.75) is 19.8 Å². The topological polar surface area (TPSA) is 37.4 Å². The number of carbonyl (C=O) groups excluding carboxylic acids is 2. The number of benzene rings is 1. The molecule has 0 aromatic heterocycles. The summed E-state index contributed by atoms with van der Waals surface area (Å²) < 4.78 is 0.881. The molecule has 0 saturated carbocycles. The minimum absolute atomic E-state index is 0.00116. The van der Waals surface area contributed by atoms with E-state index in [9.17, 15) is 9.59 Å². The van der Waals surface area contributed by atoms with Crippen LogP contribution in [0.3, 0.4) is 0 Å². The summed E-state index contributed by atoms with van der Waals surface area (Å²) in [6.07, 6.45) is 1.92. The zero-order valence-corrected chi connectivity index (χ0v) is 11.9. The lowest BCUT2D eigenvalue weighted by Crippen LogP contribution is -2.43. The van der Waals surface area contributed by atoms with Crippen molar-refractivity contribution in [1.82, 2.24) is 4.90 Å². The molecule has 1 aromatic rings. The van der Waals surface area contributed by atoms with Gasteiger partial charge in [-0.05, 0) is 25.0 Å². The molecular weight excluding hydrogens is 294 g/mol. The quantitative estimate of drug-likeness (QED) is 0.805. The summed E-state index contributed by atoms with van der Waals surface area (Å²) in [5.41, 5.74) is 0.649. The molecule has 0 radical (unpaired) electrons. The number of piperidine rings is 1. The largest absolute Gasteiger partial charge is 0.335 e. The maximum absolute atomic E-state index is 12.1. The van der Waals surface area contributed by atoms with Crippen molar-refractivity contribution in [1.29, 1.82) is 0 Å². The Labute approximate surface area is 115 Å². The molecular formula is C14H16BrNO2. The maximum Gasteiger partial charge on any atom is 0.225 e. The lowest BCUT2D eigenvalue weighted by Gasteiger charge is -2.30. The second kappa shape index (κ2) is 5.65. The van der Waals surface area contributed by atoms with Gasteiger partial charge in [0.05, 0.1) is 6.54 Å². The van der Waals surface area contributed by atoms with E-state index in [1.165, 1.54) is 0 Å². The summed E-state index contributed by atoms with van der Waals surface area (Å²) in [5, 5.41) is 0. The highest BCUT2D eigenvalue weighted by Gasteiger charge is 2.26. The molecule has 96 valence electrons. The molecule has 4 heteroatoms. The third-order valence-electron chi connectivity index (χ3n) is 3.28. The van der Waals surface area contributed by atoms with Gasteiger partial charge in [0.25, 0.3) is 0 Å². The van der Waals surface area contributed by atoms with Crippen molar-refractivity contribution in [3.8, 4) is 0 Å². The predicted octanol–water partition coefficient (Wildman–Crippen LogP) is 2.89. The molecule has 0 N–H and O–H groups in total. The van der Waals surface area contributed by atoms with E-state index in [1.54, 1.807) is 17.0 Å². The van der Waals surface area contributed by atoms with E-state index in [0.717, 1.165) is 17.3 Å². The number of Topliss-reactive ketones (excluding diaryl/α,β-unsaturated/α-hetero) is 1. The second-order valence-electron chi connectivity index (χ2n) is 4.74. The Bertz CT molecular complexity index is 473. The van der Waals surface area contributed by atoms with Gasteiger partial charge in [0.1, 0.15) is 0 Å². The van der Waals surface area contributed by atoms with Gasteiger partial charge in [-0.1, -0.05) is 35.0 Å². The Morgan fingerprint density at radius 3 is 3.00 bits per heavy atom. The molecule has 0 aliphatic carbocycles. The number of amides is 1. The number of carbonyl (C=O) groups is 2. The molecule has 1 fully saturated rings. The second-order valence-corrected chi connectivity index (χ2v) is 5.65. The Morgan fingerprint density at radius 2 is 2.28 bits per heavy atom. The first-order valence-electron chi connectivity index (χ1n) is 6.15. The first-order chi connectivity index (χ1) is 8.58. The Hall–Kier alpha value is -1.16. The van der Waals surface area contributed by atoms with Crippen LogP contribution in [0.15, 0.2) is 28.7 Å². The van der Waals surface area contributed by atoms with Crippen molar-refractivity contribution < 1.29 is 9.59 Å². The summed E-state index contributed by atoms with van der Waals surface area (Å²) in [6.45, 7) is 2.82. The van der Waals surface area contributed by atoms with Crippen LogP contribution in [0.2, 0.25) is 0 Å². The number of rotatable bonds is 3. The van der Waals surface area contributed by atoms with E-state index in [2.05, 4.69) is 15.9 Å². The van der Waals surface area contributed by atoms with E-state index in [0.29, 0.717) is 12.1 Å². The summed E-state index contributed by atoms with van der Waals surface area (Å²) in [6, 6.07) is 7.29. The van der Waals surface area contributed by atoms with Crippen molar-refractivity contribution in [3.05, 3.63) is 34.3 Å². The van der Waals surface area contributed by atoms with Crippen molar-refractivity contribution >= 4 is 27.6 Å². The number of hydrogen-bond acceptors (Lipinski definition) is 2. The Balaban J connectivity index is 2.05. The van der Waals surface area contributed by atoms with Gasteiger partial charge in [0.2, 0.25) is 5.91 Å². The fourth-order valence-electron chi connectivity index (χ4n) is 2.22. The first-order valence-corrected chi connectivity index (χ1v) is 6.95. The highest BCUT2D eigenvalue weighted by molar-refractivity contribution is 9.10. The highest BCUT2D eigenvalue weighted by Crippen LogP contribution is 2.18. The Morgan fingerprint density at radius 1 is 1.50 bits per heavy atom. The molecule has 1 aliphatic heterocycles. The van der Waals surface area contributed by atoms with Gasteiger partial charge in [-0.15, -0.1) is 0 Å². The normalized spacial score (nSPS) is 20.0. The van der Waals surface area contributed by atoms with Crippen LogP contribution < -0.4 is 0 Å². The summed E-state index contributed by atoms with van der Waals surface area (Å²) in [4.78, 5) is 25.7. The summed E-state index contributed by atoms with van der Waals surface area (Å²) in [7, 11) is 0. The van der Waals surface area contributed by atoms with Crippen LogP contribution in [-0.4, -0.2) is 29.7 Å². The van der Waals surface area contributed by atoms with Crippen LogP contribution >= 0.6 is 15.9 Å². The smallest absolute Gasteiger partial charge is 0.225 e. The molecule has 2 rings (SSSR count). The lowest BCUT2D eigenvalue weighted by molar-refractivity contribution is -0.137. The van der Waals surface area contributed by atoms with E-state index < -0.39 is 0 Å². The average Bonchev–Trinajstić information content (AvgIpc) is 2.35. The highest BCUT2D eigenvalue weighted by atomic mass is 79.9. The number of nitrogens with zero attached hydrogens (tertiary/aromatic N) is 1. The summed E-state index contributed by atoms with van der Waals surface area (Å²) in [5.74, 6) is 0.150. The third-order valence-corrected chi connectivity index (χ3v) is 3.77. The van der Waals surface area contributed by atoms with Crippen LogP contribution in [0.25, 0.3) is 0 Å². The minimum Gasteiger partial charge on any atom is -0.335 e. The predicted molar refractivity (Wildman–Crippen MR) is 73.5 cm³/mol. The van der Waals surface area contributed by atoms with Gasteiger partial charge >= 0.3 is 0 Å². The fourth-order valence-corrected chi connectivity index (χ4v) is 2.62. The standard InChI is InChI=1S/C14H16BrNO2/c1-10-4-3-7-16(14(10)18)9-13(17)11-5-2-6-12(15)8-11/h2,5-6,8,10H,3-4,7,9H2,1H3. The molecule has 1 saturated heterocycles. The van der Waals surface area contributed by atoms with Gasteiger partial charge in [-0.3, -0.25) is 9.59 Å². The number of halogens is 1. The van der Waals surface area contributed by atoms with E-state index in [4.69, 9.17) is 0 Å². The zero-order valence-electron chi connectivity index (χ0n) is 10.4. The van der Waals surface area contributed by atoms with Crippen molar-refractivity contribution in [3.63, 3.8) is 0 Å². The number of hydrogen-bond donors (Lipinski definition) is 0. The van der Waals surface area contributed by atoms with Crippen molar-refractivity contribution in [2.75, 3.05) is 13.1 Å². The SMILES string of the molecule is CC1CCCN(CC(=O)c2cccc(Br)c2)C1=O. The molecule has 1 amide bonds. The van der Waals surface area contributed by atoms with Gasteiger partial charge in [0.15, 0.2) is 5.78 Å². The number of likely N-dealkylation sites (tertiary alicyclic amines) is 1. The van der Waals surface area contributed by atoms with Crippen LogP contribution in [0.5, 0.6) is 0 Å². The zero-order chi connectivity index (χ0) is 13.1. The van der Waals surface area contributed by atoms with Crippen LogP contribution in [-0.2, 0) is 4.79 Å². The van der Waals surface area contributed by atoms with E-state index in [-0.39, 0.29) is 24.2 Å². The van der Waals surface area contributed by atoms with E-state index >= 15 is 0 Å². The first kappa shape index (κ1) is 13.3. The molecule has 18 heavy (non-hydrogen) atoms. The Kier molecular flexibility index (Phi) is 4.17. The van der Waals surface area contributed by atoms with Crippen LogP contribution in [0, 0.1) is 5.92 Å². The summed E-state index contributed by atoms with van der Waals surface area (Å²) >= 11 is 3.34. The monoisotopic (exact) mass is 309 g/mol. The lowest BCUT2D eigenvalue weighted by atomic mass is 9.98. The molecule has 1 aromatic carbocycles. The maximum atomic E-state index is 12.1. The van der Waals surface area contributed by atoms with Crippen molar-refractivity contribution in [2.24, 2.45) is 5.92 Å². The molecule has 0 bridgehead atoms. The van der Waals surface area contributed by atoms with Gasteiger partial charge in [-0.2, -0.15) is 0 Å². The molecule has 1 unspecified atom stereocenters. The van der Waals surface area contributed by atoms with E-state index in [1.807, 2.05) is 19.1 Å². The van der Waals surface area contributed by atoms with Gasteiger partial charge < -0.3 is 4.90 Å². The van der Waals surface area contributed by atoms with Gasteiger partial charge in [-0.25, -0.2) is 0 Å². The van der Waals surface area contributed by atoms with Gasteiger partial charge in [0, 0.05) is 22.5 Å². The fraction of sp³-hybridized carbons (Fsp3) is 0.429.